The second-order valence-electron chi connectivity index (χ2n) is 8.55. The highest BCUT2D eigenvalue weighted by molar-refractivity contribution is 5.93. The number of carbonyl (C=O) groups excluding carboxylic acids is 3. The fraction of sp³-hybridized carbons (Fsp3) is 0.522. The lowest BCUT2D eigenvalue weighted by Crippen LogP contribution is -2.56. The van der Waals surface area contributed by atoms with Crippen LogP contribution in [0.1, 0.15) is 38.7 Å². The lowest BCUT2D eigenvalue weighted by atomic mass is 10.0. The zero-order valence-corrected chi connectivity index (χ0v) is 20.2. The second kappa shape index (κ2) is 15.3. The van der Waals surface area contributed by atoms with Crippen molar-refractivity contribution in [2.24, 2.45) is 28.1 Å². The average molecular weight is 492 g/mol. The van der Waals surface area contributed by atoms with Gasteiger partial charge in [-0.3, -0.25) is 19.4 Å². The summed E-state index contributed by atoms with van der Waals surface area (Å²) in [4.78, 5) is 53.5. The predicted molar refractivity (Wildman–Crippen MR) is 132 cm³/mol. The highest BCUT2D eigenvalue weighted by Crippen LogP contribution is 2.09. The molecule has 0 saturated carbocycles. The maximum absolute atomic E-state index is 13.0. The van der Waals surface area contributed by atoms with E-state index in [0.717, 1.165) is 5.56 Å². The Labute approximate surface area is 205 Å². The van der Waals surface area contributed by atoms with Crippen LogP contribution in [-0.4, -0.2) is 66.0 Å². The summed E-state index contributed by atoms with van der Waals surface area (Å²) in [6, 6.07) is 5.75. The standard InChI is InChI=1S/C23H37N7O5/c1-14(2)11-17(21(33)30-18(22(34)35)12-15-7-4-3-5-8-15)29-20(32)16(28-19(31)13-24)9-6-10-27-23(25)26/h3-5,7-8,14,16-18H,6,9-13,24H2,1-2H3,(H,28,31)(H,29,32)(H,30,33)(H,34,35)(H4,25,26,27). The van der Waals surface area contributed by atoms with E-state index in [1.807, 2.05) is 19.9 Å². The Bertz CT molecular complexity index is 872. The number of carboxylic acids is 1. The van der Waals surface area contributed by atoms with E-state index in [1.54, 1.807) is 24.3 Å². The van der Waals surface area contributed by atoms with Crippen LogP contribution in [-0.2, 0) is 25.6 Å². The quantitative estimate of drug-likeness (QED) is 0.0898. The van der Waals surface area contributed by atoms with E-state index in [0.29, 0.717) is 6.42 Å². The molecule has 0 fully saturated rings. The molecule has 0 aromatic heterocycles. The highest BCUT2D eigenvalue weighted by Gasteiger charge is 2.30. The van der Waals surface area contributed by atoms with Crippen molar-refractivity contribution in [3.63, 3.8) is 0 Å². The molecule has 0 radical (unpaired) electrons. The Kier molecular flexibility index (Phi) is 12.8. The van der Waals surface area contributed by atoms with Gasteiger partial charge in [-0.15, -0.1) is 0 Å². The van der Waals surface area contributed by atoms with E-state index < -0.39 is 41.8 Å². The van der Waals surface area contributed by atoms with Crippen LogP contribution >= 0.6 is 0 Å². The summed E-state index contributed by atoms with van der Waals surface area (Å²) in [5, 5.41) is 17.3. The first-order valence-corrected chi connectivity index (χ1v) is 11.5. The molecule has 0 spiro atoms. The predicted octanol–water partition coefficient (Wildman–Crippen LogP) is -1.17. The summed E-state index contributed by atoms with van der Waals surface area (Å²) in [7, 11) is 0. The Morgan fingerprint density at radius 1 is 0.943 bits per heavy atom. The van der Waals surface area contributed by atoms with Crippen molar-refractivity contribution in [1.29, 1.82) is 0 Å². The van der Waals surface area contributed by atoms with Gasteiger partial charge in [0, 0.05) is 13.0 Å². The summed E-state index contributed by atoms with van der Waals surface area (Å²) >= 11 is 0. The number of nitrogens with two attached hydrogens (primary N) is 3. The van der Waals surface area contributed by atoms with Gasteiger partial charge in [-0.25, -0.2) is 4.79 Å². The summed E-state index contributed by atoms with van der Waals surface area (Å²) in [6.45, 7) is 3.68. The molecule has 3 amide bonds. The van der Waals surface area contributed by atoms with E-state index in [1.165, 1.54) is 0 Å². The van der Waals surface area contributed by atoms with Crippen LogP contribution in [0, 0.1) is 5.92 Å². The number of aliphatic imine (C=N–C) groups is 1. The zero-order chi connectivity index (χ0) is 26.4. The molecule has 0 bridgehead atoms. The van der Waals surface area contributed by atoms with Gasteiger partial charge in [0.2, 0.25) is 17.7 Å². The van der Waals surface area contributed by atoms with Crippen LogP contribution in [0.4, 0.5) is 0 Å². The fourth-order valence-electron chi connectivity index (χ4n) is 3.32. The maximum Gasteiger partial charge on any atom is 0.326 e. The molecule has 1 aromatic carbocycles. The summed E-state index contributed by atoms with van der Waals surface area (Å²) < 4.78 is 0. The number of aliphatic carboxylic acids is 1. The Morgan fingerprint density at radius 3 is 2.09 bits per heavy atom. The monoisotopic (exact) mass is 491 g/mol. The van der Waals surface area contributed by atoms with Crippen LogP contribution in [0.15, 0.2) is 35.3 Å². The van der Waals surface area contributed by atoms with Gasteiger partial charge in [-0.2, -0.15) is 0 Å². The molecule has 194 valence electrons. The van der Waals surface area contributed by atoms with Crippen molar-refractivity contribution in [1.82, 2.24) is 16.0 Å². The number of rotatable bonds is 15. The highest BCUT2D eigenvalue weighted by atomic mass is 16.4. The normalized spacial score (nSPS) is 13.3. The summed E-state index contributed by atoms with van der Waals surface area (Å²) in [5.41, 5.74) is 16.7. The molecule has 3 atom stereocenters. The van der Waals surface area contributed by atoms with Crippen LogP contribution < -0.4 is 33.2 Å². The number of carbonyl (C=O) groups is 4. The van der Waals surface area contributed by atoms with Gasteiger partial charge in [0.05, 0.1) is 6.54 Å². The first kappa shape index (κ1) is 29.4. The summed E-state index contributed by atoms with van der Waals surface area (Å²) in [6.07, 6.45) is 0.946. The molecule has 1 rings (SSSR count). The molecular formula is C23H37N7O5. The third-order valence-electron chi connectivity index (χ3n) is 5.02. The maximum atomic E-state index is 13.0. The lowest BCUT2D eigenvalue weighted by molar-refractivity contribution is -0.142. The van der Waals surface area contributed by atoms with Gasteiger partial charge in [0.25, 0.3) is 0 Å². The van der Waals surface area contributed by atoms with Crippen molar-refractivity contribution < 1.29 is 24.3 Å². The second-order valence-corrected chi connectivity index (χ2v) is 8.55. The molecule has 0 aliphatic rings. The smallest absolute Gasteiger partial charge is 0.326 e. The van der Waals surface area contributed by atoms with Crippen LogP contribution in [0.3, 0.4) is 0 Å². The van der Waals surface area contributed by atoms with E-state index in [-0.39, 0.29) is 44.2 Å². The zero-order valence-electron chi connectivity index (χ0n) is 20.2. The minimum Gasteiger partial charge on any atom is -0.480 e. The molecule has 0 saturated heterocycles. The van der Waals surface area contributed by atoms with Crippen molar-refractivity contribution in [2.75, 3.05) is 13.1 Å². The molecule has 0 aliphatic carbocycles. The number of hydrogen-bond acceptors (Lipinski definition) is 6. The number of guanidine groups is 1. The molecule has 10 N–H and O–H groups in total. The average Bonchev–Trinajstić information content (AvgIpc) is 2.79. The number of hydrogen-bond donors (Lipinski definition) is 7. The lowest BCUT2D eigenvalue weighted by Gasteiger charge is -2.25. The summed E-state index contributed by atoms with van der Waals surface area (Å²) in [5.74, 6) is -3.01. The topological polar surface area (TPSA) is 215 Å². The molecule has 0 heterocycles. The van der Waals surface area contributed by atoms with Crippen molar-refractivity contribution >= 4 is 29.7 Å². The van der Waals surface area contributed by atoms with E-state index in [4.69, 9.17) is 17.2 Å². The van der Waals surface area contributed by atoms with Gasteiger partial charge in [0.15, 0.2) is 5.96 Å². The first-order valence-electron chi connectivity index (χ1n) is 11.5. The van der Waals surface area contributed by atoms with E-state index in [2.05, 4.69) is 20.9 Å². The molecule has 0 aliphatic heterocycles. The van der Waals surface area contributed by atoms with Crippen molar-refractivity contribution in [3.05, 3.63) is 35.9 Å². The molecule has 35 heavy (non-hydrogen) atoms. The number of nitrogens with one attached hydrogen (secondary N) is 3. The van der Waals surface area contributed by atoms with Crippen LogP contribution in [0.5, 0.6) is 0 Å². The van der Waals surface area contributed by atoms with Crippen LogP contribution in [0.2, 0.25) is 0 Å². The number of benzene rings is 1. The Hall–Kier alpha value is -3.67. The molecular weight excluding hydrogens is 454 g/mol. The minimum absolute atomic E-state index is 0.0161. The van der Waals surface area contributed by atoms with Crippen molar-refractivity contribution in [2.45, 2.75) is 57.7 Å². The third kappa shape index (κ3) is 11.8. The molecule has 12 nitrogen and oxygen atoms in total. The van der Waals surface area contributed by atoms with Crippen molar-refractivity contribution in [3.8, 4) is 0 Å². The molecule has 3 unspecified atom stereocenters. The van der Waals surface area contributed by atoms with Gasteiger partial charge < -0.3 is 38.3 Å². The van der Waals surface area contributed by atoms with Gasteiger partial charge >= 0.3 is 5.97 Å². The molecule has 1 aromatic rings. The Morgan fingerprint density at radius 2 is 1.54 bits per heavy atom. The minimum atomic E-state index is -1.19. The fourth-order valence-corrected chi connectivity index (χ4v) is 3.32. The Balaban J connectivity index is 2.95. The van der Waals surface area contributed by atoms with E-state index in [9.17, 15) is 24.3 Å². The molecule has 12 heteroatoms. The SMILES string of the molecule is CC(C)CC(NC(=O)C(CCCN=C(N)N)NC(=O)CN)C(=O)NC(Cc1ccccc1)C(=O)O. The number of nitrogens with zero attached hydrogens (tertiary/aromatic N) is 1. The van der Waals surface area contributed by atoms with E-state index >= 15 is 0 Å². The van der Waals surface area contributed by atoms with Gasteiger partial charge in [0.1, 0.15) is 18.1 Å². The van der Waals surface area contributed by atoms with Gasteiger partial charge in [-0.1, -0.05) is 44.2 Å². The van der Waals surface area contributed by atoms with Crippen LogP contribution in [0.25, 0.3) is 0 Å². The van der Waals surface area contributed by atoms with Gasteiger partial charge in [-0.05, 0) is 30.7 Å². The first-order chi connectivity index (χ1) is 16.5. The number of carboxylic acid groups (broad SMARTS) is 1. The largest absolute Gasteiger partial charge is 0.480 e. The third-order valence-corrected chi connectivity index (χ3v) is 5.02. The number of amides is 3.